The van der Waals surface area contributed by atoms with Gasteiger partial charge in [-0.1, -0.05) is 20.8 Å². The molecule has 0 amide bonds. The minimum Gasteiger partial charge on any atom is -0.404 e. The number of aliphatic imine (C=N–C) groups is 1. The molecule has 1 aromatic heterocycles. The first-order chi connectivity index (χ1) is 9.80. The van der Waals surface area contributed by atoms with Crippen LogP contribution in [0.1, 0.15) is 32.0 Å². The van der Waals surface area contributed by atoms with Crippen LogP contribution in [0.3, 0.4) is 0 Å². The molecule has 2 N–H and O–H groups in total. The Bertz CT molecular complexity index is 531. The number of nitrogens with zero attached hydrogens (tertiary/aromatic N) is 4. The van der Waals surface area contributed by atoms with Crippen LogP contribution in [-0.2, 0) is 6.54 Å². The summed E-state index contributed by atoms with van der Waals surface area (Å²) in [7, 11) is 3.84. The first-order valence-corrected chi connectivity index (χ1v) is 7.02. The molecule has 1 aromatic rings. The maximum atomic E-state index is 5.66. The Kier molecular flexibility index (Phi) is 5.90. The molecule has 0 bridgehead atoms. The summed E-state index contributed by atoms with van der Waals surface area (Å²) >= 11 is 0. The zero-order chi connectivity index (χ0) is 16.0. The Labute approximate surface area is 127 Å². The second-order valence-corrected chi connectivity index (χ2v) is 6.45. The van der Waals surface area contributed by atoms with E-state index in [-0.39, 0.29) is 5.41 Å². The van der Waals surface area contributed by atoms with Crippen LogP contribution < -0.4 is 5.73 Å². The van der Waals surface area contributed by atoms with Gasteiger partial charge in [0.25, 0.3) is 0 Å². The molecular formula is C16H27N5. The molecule has 5 heteroatoms. The SMILES string of the molecule is C=Nn1cc(C(C=NC)=CN)cc1CN(C)CC(C)(C)C. The second-order valence-electron chi connectivity index (χ2n) is 6.45. The van der Waals surface area contributed by atoms with Gasteiger partial charge in [0.05, 0.1) is 5.69 Å². The molecule has 0 atom stereocenters. The molecule has 0 aliphatic rings. The molecule has 21 heavy (non-hydrogen) atoms. The molecule has 0 unspecified atom stereocenters. The van der Waals surface area contributed by atoms with Gasteiger partial charge in [-0.3, -0.25) is 4.99 Å². The van der Waals surface area contributed by atoms with Crippen molar-refractivity contribution in [1.29, 1.82) is 0 Å². The van der Waals surface area contributed by atoms with Crippen molar-refractivity contribution in [3.63, 3.8) is 0 Å². The van der Waals surface area contributed by atoms with Gasteiger partial charge in [0.1, 0.15) is 0 Å². The van der Waals surface area contributed by atoms with E-state index < -0.39 is 0 Å². The molecule has 0 fully saturated rings. The topological polar surface area (TPSA) is 58.9 Å². The second kappa shape index (κ2) is 7.22. The first kappa shape index (κ1) is 17.2. The van der Waals surface area contributed by atoms with E-state index in [4.69, 9.17) is 5.73 Å². The van der Waals surface area contributed by atoms with Crippen molar-refractivity contribution in [1.82, 2.24) is 9.58 Å². The smallest absolute Gasteiger partial charge is 0.0566 e. The summed E-state index contributed by atoms with van der Waals surface area (Å²) in [6, 6.07) is 2.08. The third-order valence-corrected chi connectivity index (χ3v) is 2.99. The highest BCUT2D eigenvalue weighted by molar-refractivity contribution is 6.09. The van der Waals surface area contributed by atoms with Crippen LogP contribution in [0.25, 0.3) is 5.57 Å². The summed E-state index contributed by atoms with van der Waals surface area (Å²) in [5.41, 5.74) is 8.86. The van der Waals surface area contributed by atoms with Gasteiger partial charge in [0, 0.05) is 56.6 Å². The van der Waals surface area contributed by atoms with E-state index in [1.165, 1.54) is 0 Å². The summed E-state index contributed by atoms with van der Waals surface area (Å²) in [6.45, 7) is 12.1. The highest BCUT2D eigenvalue weighted by Crippen LogP contribution is 2.20. The van der Waals surface area contributed by atoms with Gasteiger partial charge in [0.15, 0.2) is 0 Å². The molecule has 0 saturated carbocycles. The number of nitrogens with two attached hydrogens (primary N) is 1. The average Bonchev–Trinajstić information content (AvgIpc) is 2.76. The van der Waals surface area contributed by atoms with Gasteiger partial charge >= 0.3 is 0 Å². The molecule has 0 saturated heterocycles. The molecule has 116 valence electrons. The van der Waals surface area contributed by atoms with Gasteiger partial charge in [-0.05, 0) is 18.5 Å². The van der Waals surface area contributed by atoms with E-state index in [0.717, 1.165) is 29.9 Å². The van der Waals surface area contributed by atoms with E-state index in [9.17, 15) is 0 Å². The van der Waals surface area contributed by atoms with E-state index in [1.807, 2.05) is 6.20 Å². The Hall–Kier alpha value is -1.88. The molecule has 0 aliphatic heterocycles. The molecule has 0 radical (unpaired) electrons. The summed E-state index contributed by atoms with van der Waals surface area (Å²) in [6.07, 6.45) is 5.22. The fourth-order valence-electron chi connectivity index (χ4n) is 2.40. The largest absolute Gasteiger partial charge is 0.404 e. The Morgan fingerprint density at radius 1 is 1.48 bits per heavy atom. The van der Waals surface area contributed by atoms with Gasteiger partial charge in [-0.2, -0.15) is 5.10 Å². The van der Waals surface area contributed by atoms with E-state index in [0.29, 0.717) is 0 Å². The van der Waals surface area contributed by atoms with Crippen molar-refractivity contribution in [2.45, 2.75) is 27.3 Å². The molecule has 0 aromatic carbocycles. The van der Waals surface area contributed by atoms with Gasteiger partial charge in [-0.15, -0.1) is 0 Å². The molecule has 0 spiro atoms. The first-order valence-electron chi connectivity index (χ1n) is 7.02. The Morgan fingerprint density at radius 2 is 2.14 bits per heavy atom. The van der Waals surface area contributed by atoms with Crippen LogP contribution in [0.2, 0.25) is 0 Å². The number of hydrogen-bond acceptors (Lipinski definition) is 4. The molecule has 1 rings (SSSR count). The third kappa shape index (κ3) is 5.19. The van der Waals surface area contributed by atoms with Crippen LogP contribution >= 0.6 is 0 Å². The molecular weight excluding hydrogens is 262 g/mol. The summed E-state index contributed by atoms with van der Waals surface area (Å²) in [4.78, 5) is 6.30. The van der Waals surface area contributed by atoms with Crippen molar-refractivity contribution in [3.8, 4) is 0 Å². The highest BCUT2D eigenvalue weighted by Gasteiger charge is 2.16. The monoisotopic (exact) mass is 289 g/mol. The fourth-order valence-corrected chi connectivity index (χ4v) is 2.40. The zero-order valence-corrected chi connectivity index (χ0v) is 13.8. The number of aromatic nitrogens is 1. The van der Waals surface area contributed by atoms with Crippen LogP contribution in [0.4, 0.5) is 0 Å². The van der Waals surface area contributed by atoms with Crippen molar-refractivity contribution in [3.05, 3.63) is 29.7 Å². The van der Waals surface area contributed by atoms with E-state index in [1.54, 1.807) is 24.1 Å². The standard InChI is InChI=1S/C16H27N5/c1-16(2,3)12-20(6)11-15-7-13(10-21(15)19-5)14(8-17)9-18-4/h7-10H,5,11-12,17H2,1-4,6H3. The summed E-state index contributed by atoms with van der Waals surface area (Å²) in [5, 5.41) is 4.04. The van der Waals surface area contributed by atoms with Crippen molar-refractivity contribution < 1.29 is 0 Å². The zero-order valence-electron chi connectivity index (χ0n) is 13.8. The van der Waals surface area contributed by atoms with Gasteiger partial charge < -0.3 is 10.6 Å². The lowest BCUT2D eigenvalue weighted by Crippen LogP contribution is -2.29. The van der Waals surface area contributed by atoms with Crippen LogP contribution in [0, 0.1) is 5.41 Å². The minimum absolute atomic E-state index is 0.258. The quantitative estimate of drug-likeness (QED) is 0.818. The lowest BCUT2D eigenvalue weighted by molar-refractivity contribution is 0.217. The molecule has 1 heterocycles. The van der Waals surface area contributed by atoms with Crippen LogP contribution in [0.15, 0.2) is 28.6 Å². The predicted molar refractivity (Wildman–Crippen MR) is 91.7 cm³/mol. The Balaban J connectivity index is 2.98. The molecule has 0 aliphatic carbocycles. The minimum atomic E-state index is 0.258. The van der Waals surface area contributed by atoms with Crippen LogP contribution in [-0.4, -0.2) is 43.1 Å². The number of hydrogen-bond donors (Lipinski definition) is 1. The normalized spacial score (nSPS) is 13.3. The van der Waals surface area contributed by atoms with Gasteiger partial charge in [0.2, 0.25) is 0 Å². The highest BCUT2D eigenvalue weighted by atomic mass is 15.3. The van der Waals surface area contributed by atoms with Crippen molar-refractivity contribution in [2.24, 2.45) is 21.2 Å². The van der Waals surface area contributed by atoms with Crippen LogP contribution in [0.5, 0.6) is 0 Å². The third-order valence-electron chi connectivity index (χ3n) is 2.99. The molecule has 5 nitrogen and oxygen atoms in total. The lowest BCUT2D eigenvalue weighted by Gasteiger charge is -2.26. The van der Waals surface area contributed by atoms with E-state index >= 15 is 0 Å². The number of rotatable bonds is 6. The summed E-state index contributed by atoms with van der Waals surface area (Å²) < 4.78 is 1.79. The fraction of sp³-hybridized carbons (Fsp3) is 0.500. The summed E-state index contributed by atoms with van der Waals surface area (Å²) in [5.74, 6) is 0. The van der Waals surface area contributed by atoms with E-state index in [2.05, 4.69) is 55.6 Å². The maximum absolute atomic E-state index is 5.66. The average molecular weight is 289 g/mol. The lowest BCUT2D eigenvalue weighted by atomic mass is 9.96. The maximum Gasteiger partial charge on any atom is 0.0566 e. The van der Waals surface area contributed by atoms with Gasteiger partial charge in [-0.25, -0.2) is 4.68 Å². The number of allylic oxidation sites excluding steroid dienone is 1. The van der Waals surface area contributed by atoms with Crippen molar-refractivity contribution in [2.75, 3.05) is 20.6 Å². The predicted octanol–water partition coefficient (Wildman–Crippen LogP) is 2.43. The van der Waals surface area contributed by atoms with Crippen molar-refractivity contribution >= 4 is 18.5 Å². The Morgan fingerprint density at radius 3 is 2.62 bits per heavy atom.